The molecule has 0 saturated carbocycles. The zero-order valence-corrected chi connectivity index (χ0v) is 14.2. The van der Waals surface area contributed by atoms with Crippen molar-refractivity contribution in [1.29, 1.82) is 5.26 Å². The second-order valence-electron chi connectivity index (χ2n) is 5.68. The molecule has 0 spiro atoms. The lowest BCUT2D eigenvalue weighted by atomic mass is 10.1. The number of carbonyl (C=O) groups excluding carboxylic acids is 1. The number of nitrogens with zero attached hydrogens (tertiary/aromatic N) is 3. The highest BCUT2D eigenvalue weighted by Gasteiger charge is 2.11. The van der Waals surface area contributed by atoms with E-state index in [1.54, 1.807) is 24.3 Å². The molecule has 0 aliphatic carbocycles. The van der Waals surface area contributed by atoms with Crippen molar-refractivity contribution in [2.75, 3.05) is 10.6 Å². The number of para-hydroxylation sites is 1. The number of hydrogen-bond donors (Lipinski definition) is 2. The second-order valence-corrected chi connectivity index (χ2v) is 5.68. The van der Waals surface area contributed by atoms with Gasteiger partial charge >= 0.3 is 0 Å². The number of anilines is 2. The van der Waals surface area contributed by atoms with Gasteiger partial charge in [-0.25, -0.2) is 9.97 Å². The van der Waals surface area contributed by atoms with Gasteiger partial charge < -0.3 is 10.6 Å². The molecule has 26 heavy (non-hydrogen) atoms. The number of aryl methyl sites for hydroxylation is 1. The van der Waals surface area contributed by atoms with E-state index >= 15 is 0 Å². The van der Waals surface area contributed by atoms with Crippen molar-refractivity contribution in [3.8, 4) is 6.07 Å². The number of hydrogen-bond acceptors (Lipinski definition) is 5. The molecule has 0 atom stereocenters. The summed E-state index contributed by atoms with van der Waals surface area (Å²) in [5, 5.41) is 14.9. The first kappa shape index (κ1) is 17.1. The Bertz CT molecular complexity index is 960. The van der Waals surface area contributed by atoms with Crippen LogP contribution < -0.4 is 10.6 Å². The molecule has 1 aromatic heterocycles. The lowest BCUT2D eigenvalue weighted by Crippen LogP contribution is -2.15. The summed E-state index contributed by atoms with van der Waals surface area (Å²) in [5.41, 5.74) is 3.39. The van der Waals surface area contributed by atoms with E-state index in [2.05, 4.69) is 33.6 Å². The smallest absolute Gasteiger partial charge is 0.275 e. The largest absolute Gasteiger partial charge is 0.365 e. The van der Waals surface area contributed by atoms with Gasteiger partial charge in [-0.3, -0.25) is 4.79 Å². The van der Waals surface area contributed by atoms with Crippen molar-refractivity contribution in [3.63, 3.8) is 0 Å². The molecule has 2 N–H and O–H groups in total. The van der Waals surface area contributed by atoms with E-state index in [-0.39, 0.29) is 5.69 Å². The summed E-state index contributed by atoms with van der Waals surface area (Å²) in [7, 11) is 0. The molecular weight excluding hydrogens is 326 g/mol. The number of rotatable bonds is 5. The van der Waals surface area contributed by atoms with E-state index in [4.69, 9.17) is 5.26 Å². The van der Waals surface area contributed by atoms with Crippen molar-refractivity contribution in [2.24, 2.45) is 0 Å². The summed E-state index contributed by atoms with van der Waals surface area (Å²) in [6, 6.07) is 16.9. The molecule has 6 heteroatoms. The first-order valence-electron chi connectivity index (χ1n) is 8.08. The fourth-order valence-corrected chi connectivity index (χ4v) is 2.41. The fraction of sp³-hybridized carbons (Fsp3) is 0.100. The lowest BCUT2D eigenvalue weighted by Gasteiger charge is -2.09. The topological polar surface area (TPSA) is 90.7 Å². The van der Waals surface area contributed by atoms with E-state index in [0.717, 1.165) is 0 Å². The molecule has 0 radical (unpaired) electrons. The van der Waals surface area contributed by atoms with Gasteiger partial charge in [0.15, 0.2) is 0 Å². The van der Waals surface area contributed by atoms with Crippen LogP contribution in [0.1, 0.15) is 27.2 Å². The Labute approximate surface area is 151 Å². The van der Waals surface area contributed by atoms with Crippen molar-refractivity contribution in [2.45, 2.75) is 13.5 Å². The van der Waals surface area contributed by atoms with E-state index < -0.39 is 5.91 Å². The normalized spacial score (nSPS) is 10.0. The number of aromatic nitrogens is 2. The second kappa shape index (κ2) is 7.90. The molecule has 0 aliphatic heterocycles. The first-order chi connectivity index (χ1) is 12.7. The molecule has 0 fully saturated rings. The molecule has 1 amide bonds. The van der Waals surface area contributed by atoms with Gasteiger partial charge in [-0.05, 0) is 30.2 Å². The lowest BCUT2D eigenvalue weighted by molar-refractivity contribution is 0.102. The Hall–Kier alpha value is -3.72. The maximum absolute atomic E-state index is 12.3. The van der Waals surface area contributed by atoms with Crippen molar-refractivity contribution in [3.05, 3.63) is 83.3 Å². The third-order valence-corrected chi connectivity index (χ3v) is 3.90. The van der Waals surface area contributed by atoms with Gasteiger partial charge in [-0.1, -0.05) is 36.4 Å². The average Bonchev–Trinajstić information content (AvgIpc) is 2.68. The van der Waals surface area contributed by atoms with Crippen LogP contribution in [0.2, 0.25) is 0 Å². The quantitative estimate of drug-likeness (QED) is 0.739. The molecule has 3 rings (SSSR count). The molecule has 0 bridgehead atoms. The summed E-state index contributed by atoms with van der Waals surface area (Å²) < 4.78 is 0. The summed E-state index contributed by atoms with van der Waals surface area (Å²) in [5.74, 6) is 0.174. The Kier molecular flexibility index (Phi) is 5.20. The van der Waals surface area contributed by atoms with Crippen molar-refractivity contribution in [1.82, 2.24) is 9.97 Å². The van der Waals surface area contributed by atoms with Crippen LogP contribution in [-0.4, -0.2) is 15.9 Å². The van der Waals surface area contributed by atoms with E-state index in [0.29, 0.717) is 23.6 Å². The molecule has 6 nitrogen and oxygen atoms in total. The van der Waals surface area contributed by atoms with Crippen LogP contribution in [0.4, 0.5) is 11.5 Å². The van der Waals surface area contributed by atoms with Crippen molar-refractivity contribution >= 4 is 17.4 Å². The third kappa shape index (κ3) is 4.02. The zero-order chi connectivity index (χ0) is 18.4. The van der Waals surface area contributed by atoms with Crippen molar-refractivity contribution < 1.29 is 4.79 Å². The van der Waals surface area contributed by atoms with Gasteiger partial charge in [-0.15, -0.1) is 0 Å². The summed E-state index contributed by atoms with van der Waals surface area (Å²) in [4.78, 5) is 20.6. The van der Waals surface area contributed by atoms with Crippen LogP contribution in [0.5, 0.6) is 0 Å². The predicted molar refractivity (Wildman–Crippen MR) is 99.6 cm³/mol. The molecule has 0 aliphatic rings. The molecule has 128 valence electrons. The van der Waals surface area contributed by atoms with Gasteiger partial charge in [0.1, 0.15) is 17.6 Å². The molecule has 2 aromatic carbocycles. The van der Waals surface area contributed by atoms with Gasteiger partial charge in [0.2, 0.25) is 0 Å². The SMILES string of the molecule is Cc1ccccc1CNc1cnc(C(=O)Nc2ccccc2C#N)cn1. The van der Waals surface area contributed by atoms with Gasteiger partial charge in [0.25, 0.3) is 5.91 Å². The standard InChI is InChI=1S/C20H17N5O/c1-14-6-2-3-8-16(14)11-23-19-13-22-18(12-24-19)20(26)25-17-9-5-4-7-15(17)10-21/h2-9,12-13H,11H2,1H3,(H,23,24)(H,25,26). The summed E-state index contributed by atoms with van der Waals surface area (Å²) >= 11 is 0. The van der Waals surface area contributed by atoms with Crippen LogP contribution in [0.25, 0.3) is 0 Å². The minimum absolute atomic E-state index is 0.180. The van der Waals surface area contributed by atoms with Gasteiger partial charge in [0, 0.05) is 6.54 Å². The van der Waals surface area contributed by atoms with E-state index in [1.165, 1.54) is 23.5 Å². The molecular formula is C20H17N5O. The third-order valence-electron chi connectivity index (χ3n) is 3.90. The maximum atomic E-state index is 12.3. The van der Waals surface area contributed by atoms with E-state index in [9.17, 15) is 4.79 Å². The Morgan fingerprint density at radius 2 is 1.85 bits per heavy atom. The number of nitrogens with one attached hydrogen (secondary N) is 2. The van der Waals surface area contributed by atoms with Crippen LogP contribution in [0.15, 0.2) is 60.9 Å². The molecule has 0 saturated heterocycles. The Morgan fingerprint density at radius 3 is 2.58 bits per heavy atom. The summed E-state index contributed by atoms with van der Waals surface area (Å²) in [6.07, 6.45) is 2.92. The van der Waals surface area contributed by atoms with E-state index in [1.807, 2.05) is 24.3 Å². The van der Waals surface area contributed by atoms with Crippen LogP contribution >= 0.6 is 0 Å². The number of carbonyl (C=O) groups is 1. The Balaban J connectivity index is 1.65. The van der Waals surface area contributed by atoms with Gasteiger partial charge in [0.05, 0.1) is 23.6 Å². The highest BCUT2D eigenvalue weighted by Crippen LogP contribution is 2.15. The number of amides is 1. The van der Waals surface area contributed by atoms with Crippen LogP contribution in [-0.2, 0) is 6.54 Å². The number of benzene rings is 2. The minimum atomic E-state index is -0.411. The molecule has 3 aromatic rings. The zero-order valence-electron chi connectivity index (χ0n) is 14.2. The maximum Gasteiger partial charge on any atom is 0.275 e. The predicted octanol–water partition coefficient (Wildman–Crippen LogP) is 3.52. The minimum Gasteiger partial charge on any atom is -0.365 e. The highest BCUT2D eigenvalue weighted by molar-refractivity contribution is 6.03. The van der Waals surface area contributed by atoms with Crippen LogP contribution in [0, 0.1) is 18.3 Å². The summed E-state index contributed by atoms with van der Waals surface area (Å²) in [6.45, 7) is 2.68. The average molecular weight is 343 g/mol. The fourth-order valence-electron chi connectivity index (χ4n) is 2.41. The monoisotopic (exact) mass is 343 g/mol. The molecule has 1 heterocycles. The Morgan fingerprint density at radius 1 is 1.08 bits per heavy atom. The molecule has 0 unspecified atom stereocenters. The first-order valence-corrected chi connectivity index (χ1v) is 8.08. The van der Waals surface area contributed by atoms with Gasteiger partial charge in [-0.2, -0.15) is 5.26 Å². The highest BCUT2D eigenvalue weighted by atomic mass is 16.1. The van der Waals surface area contributed by atoms with Crippen LogP contribution in [0.3, 0.4) is 0 Å². The number of nitriles is 1.